The number of non-ortho nitro benzene ring substituents is 1. The lowest BCUT2D eigenvalue weighted by Crippen LogP contribution is -1.99. The molecule has 0 aliphatic carbocycles. The van der Waals surface area contributed by atoms with E-state index in [0.717, 1.165) is 5.56 Å². The first-order chi connectivity index (χ1) is 9.06. The van der Waals surface area contributed by atoms with Crippen molar-refractivity contribution in [2.75, 3.05) is 5.32 Å². The Hall–Kier alpha value is -2.08. The first-order valence-corrected chi connectivity index (χ1v) is 6.31. The minimum absolute atomic E-state index is 0.0527. The summed E-state index contributed by atoms with van der Waals surface area (Å²) < 4.78 is 0.617. The van der Waals surface area contributed by atoms with Crippen LogP contribution in [0.15, 0.2) is 46.9 Å². The number of nitrogens with zero attached hydrogens (tertiary/aromatic N) is 1. The summed E-state index contributed by atoms with van der Waals surface area (Å²) in [5.41, 5.74) is 1.69. The summed E-state index contributed by atoms with van der Waals surface area (Å²) in [4.78, 5) is 10.2. The number of hydrogen-bond acceptors (Lipinski definition) is 4. The topological polar surface area (TPSA) is 75.4 Å². The quantitative estimate of drug-likeness (QED) is 0.665. The number of hydrogen-bond donors (Lipinski definition) is 2. The average molecular weight is 323 g/mol. The molecule has 2 aromatic carbocycles. The van der Waals surface area contributed by atoms with E-state index in [0.29, 0.717) is 16.7 Å². The van der Waals surface area contributed by atoms with Crippen LogP contribution < -0.4 is 5.32 Å². The second kappa shape index (κ2) is 5.71. The molecule has 19 heavy (non-hydrogen) atoms. The third kappa shape index (κ3) is 3.45. The highest BCUT2D eigenvalue weighted by atomic mass is 79.9. The molecule has 2 aromatic rings. The number of benzene rings is 2. The van der Waals surface area contributed by atoms with Gasteiger partial charge in [0.05, 0.1) is 9.40 Å². The first kappa shape index (κ1) is 13.4. The van der Waals surface area contributed by atoms with Gasteiger partial charge in [0.15, 0.2) is 0 Å². The van der Waals surface area contributed by atoms with E-state index in [9.17, 15) is 15.2 Å². The maximum atomic E-state index is 10.7. The molecule has 0 spiro atoms. The van der Waals surface area contributed by atoms with Crippen LogP contribution in [0.25, 0.3) is 0 Å². The first-order valence-electron chi connectivity index (χ1n) is 5.52. The van der Waals surface area contributed by atoms with Gasteiger partial charge in [-0.05, 0) is 39.7 Å². The predicted molar refractivity (Wildman–Crippen MR) is 76.2 cm³/mol. The molecule has 0 aliphatic rings. The molecule has 98 valence electrons. The van der Waals surface area contributed by atoms with Crippen LogP contribution in [-0.2, 0) is 6.54 Å². The fourth-order valence-corrected chi connectivity index (χ4v) is 2.02. The van der Waals surface area contributed by atoms with Crippen molar-refractivity contribution in [1.29, 1.82) is 0 Å². The Morgan fingerprint density at radius 3 is 2.74 bits per heavy atom. The second-order valence-corrected chi connectivity index (χ2v) is 4.80. The van der Waals surface area contributed by atoms with E-state index in [-0.39, 0.29) is 11.4 Å². The molecule has 2 rings (SSSR count). The summed E-state index contributed by atoms with van der Waals surface area (Å²) in [5, 5.41) is 23.1. The van der Waals surface area contributed by atoms with E-state index >= 15 is 0 Å². The Kier molecular flexibility index (Phi) is 4.01. The van der Waals surface area contributed by atoms with Crippen LogP contribution in [-0.4, -0.2) is 10.0 Å². The zero-order chi connectivity index (χ0) is 13.8. The highest BCUT2D eigenvalue weighted by Crippen LogP contribution is 2.25. The Bertz CT molecular complexity index is 617. The SMILES string of the molecule is O=[N+]([O-])c1cccc(NCc2ccc(O)c(Br)c2)c1. The standard InChI is InChI=1S/C13H11BrN2O3/c14-12-6-9(4-5-13(12)17)8-15-10-2-1-3-11(7-10)16(18)19/h1-7,15,17H,8H2. The van der Waals surface area contributed by atoms with Crippen molar-refractivity contribution in [2.45, 2.75) is 6.54 Å². The van der Waals surface area contributed by atoms with Gasteiger partial charge in [-0.15, -0.1) is 0 Å². The summed E-state index contributed by atoms with van der Waals surface area (Å²) in [6, 6.07) is 11.5. The number of nitro benzene ring substituents is 1. The molecule has 0 amide bonds. The lowest BCUT2D eigenvalue weighted by atomic mass is 10.2. The molecule has 0 saturated carbocycles. The van der Waals surface area contributed by atoms with Crippen molar-refractivity contribution in [3.05, 3.63) is 62.6 Å². The largest absolute Gasteiger partial charge is 0.507 e. The molecule has 0 atom stereocenters. The van der Waals surface area contributed by atoms with Gasteiger partial charge in [-0.3, -0.25) is 10.1 Å². The third-order valence-corrected chi connectivity index (χ3v) is 3.20. The Balaban J connectivity index is 2.07. The molecular weight excluding hydrogens is 312 g/mol. The van der Waals surface area contributed by atoms with Gasteiger partial charge in [0.1, 0.15) is 5.75 Å². The van der Waals surface area contributed by atoms with Gasteiger partial charge in [0, 0.05) is 24.4 Å². The van der Waals surface area contributed by atoms with Crippen LogP contribution in [0.2, 0.25) is 0 Å². The molecule has 0 fully saturated rings. The van der Waals surface area contributed by atoms with E-state index in [2.05, 4.69) is 21.2 Å². The van der Waals surface area contributed by atoms with Gasteiger partial charge in [0.25, 0.3) is 5.69 Å². The number of nitro groups is 1. The average Bonchev–Trinajstić information content (AvgIpc) is 2.40. The minimum atomic E-state index is -0.428. The number of phenolic OH excluding ortho intramolecular Hbond substituents is 1. The molecule has 0 heterocycles. The maximum Gasteiger partial charge on any atom is 0.271 e. The summed E-state index contributed by atoms with van der Waals surface area (Å²) >= 11 is 3.24. The van der Waals surface area contributed by atoms with Crippen LogP contribution in [0.5, 0.6) is 5.75 Å². The third-order valence-electron chi connectivity index (χ3n) is 2.57. The van der Waals surface area contributed by atoms with Gasteiger partial charge in [0.2, 0.25) is 0 Å². The molecule has 0 saturated heterocycles. The molecule has 0 unspecified atom stereocenters. The molecule has 0 aromatic heterocycles. The number of halogens is 1. The van der Waals surface area contributed by atoms with Gasteiger partial charge in [-0.1, -0.05) is 12.1 Å². The van der Waals surface area contributed by atoms with E-state index in [1.165, 1.54) is 12.1 Å². The molecule has 0 aliphatic heterocycles. The molecule has 2 N–H and O–H groups in total. The number of phenols is 1. The summed E-state index contributed by atoms with van der Waals surface area (Å²) in [6.07, 6.45) is 0. The Labute approximate surface area is 118 Å². The lowest BCUT2D eigenvalue weighted by Gasteiger charge is -2.07. The van der Waals surface area contributed by atoms with Gasteiger partial charge < -0.3 is 10.4 Å². The summed E-state index contributed by atoms with van der Waals surface area (Å²) in [6.45, 7) is 0.514. The second-order valence-electron chi connectivity index (χ2n) is 3.95. The van der Waals surface area contributed by atoms with Crippen LogP contribution >= 0.6 is 15.9 Å². The van der Waals surface area contributed by atoms with E-state index in [1.54, 1.807) is 30.3 Å². The molecule has 5 nitrogen and oxygen atoms in total. The molecule has 0 radical (unpaired) electrons. The number of rotatable bonds is 4. The Morgan fingerprint density at radius 1 is 1.26 bits per heavy atom. The van der Waals surface area contributed by atoms with E-state index in [1.807, 2.05) is 0 Å². The van der Waals surface area contributed by atoms with Crippen molar-refractivity contribution < 1.29 is 10.0 Å². The molecule has 6 heteroatoms. The van der Waals surface area contributed by atoms with Crippen molar-refractivity contribution in [3.8, 4) is 5.75 Å². The fourth-order valence-electron chi connectivity index (χ4n) is 1.59. The molecule has 0 bridgehead atoms. The number of aromatic hydroxyl groups is 1. The van der Waals surface area contributed by atoms with Gasteiger partial charge in [-0.25, -0.2) is 0 Å². The van der Waals surface area contributed by atoms with Crippen LogP contribution in [0.4, 0.5) is 11.4 Å². The van der Waals surface area contributed by atoms with Crippen molar-refractivity contribution in [3.63, 3.8) is 0 Å². The zero-order valence-corrected chi connectivity index (χ0v) is 11.4. The van der Waals surface area contributed by atoms with Gasteiger partial charge in [-0.2, -0.15) is 0 Å². The number of anilines is 1. The number of nitrogens with one attached hydrogen (secondary N) is 1. The van der Waals surface area contributed by atoms with Crippen molar-refractivity contribution in [1.82, 2.24) is 0 Å². The highest BCUT2D eigenvalue weighted by molar-refractivity contribution is 9.10. The van der Waals surface area contributed by atoms with Crippen molar-refractivity contribution >= 4 is 27.3 Å². The predicted octanol–water partition coefficient (Wildman–Crippen LogP) is 3.68. The van der Waals surface area contributed by atoms with E-state index < -0.39 is 4.92 Å². The fraction of sp³-hybridized carbons (Fsp3) is 0.0769. The normalized spacial score (nSPS) is 10.2. The van der Waals surface area contributed by atoms with Crippen LogP contribution in [0.1, 0.15) is 5.56 Å². The van der Waals surface area contributed by atoms with Crippen LogP contribution in [0.3, 0.4) is 0 Å². The monoisotopic (exact) mass is 322 g/mol. The van der Waals surface area contributed by atoms with Gasteiger partial charge >= 0.3 is 0 Å². The highest BCUT2D eigenvalue weighted by Gasteiger charge is 2.05. The zero-order valence-electron chi connectivity index (χ0n) is 9.84. The minimum Gasteiger partial charge on any atom is -0.507 e. The van der Waals surface area contributed by atoms with Crippen molar-refractivity contribution in [2.24, 2.45) is 0 Å². The lowest BCUT2D eigenvalue weighted by molar-refractivity contribution is -0.384. The molecular formula is C13H11BrN2O3. The maximum absolute atomic E-state index is 10.7. The summed E-state index contributed by atoms with van der Waals surface area (Å²) in [5.74, 6) is 0.180. The van der Waals surface area contributed by atoms with Crippen LogP contribution in [0, 0.1) is 10.1 Å². The van der Waals surface area contributed by atoms with E-state index in [4.69, 9.17) is 0 Å². The summed E-state index contributed by atoms with van der Waals surface area (Å²) in [7, 11) is 0. The Morgan fingerprint density at radius 2 is 2.05 bits per heavy atom. The smallest absolute Gasteiger partial charge is 0.271 e.